The smallest absolute Gasteiger partial charge is 0.291 e. The number of hydrogen-bond acceptors (Lipinski definition) is 6. The molecule has 8 heteroatoms. The summed E-state index contributed by atoms with van der Waals surface area (Å²) in [6, 6.07) is 20.9. The third-order valence-electron chi connectivity index (χ3n) is 4.01. The number of benzene rings is 2. The van der Waals surface area contributed by atoms with Gasteiger partial charge >= 0.3 is 0 Å². The molecule has 2 aromatic carbocycles. The highest BCUT2D eigenvalue weighted by Gasteiger charge is 2.13. The third kappa shape index (κ3) is 4.12. The fourth-order valence-electron chi connectivity index (χ4n) is 2.65. The zero-order valence-electron chi connectivity index (χ0n) is 15.1. The van der Waals surface area contributed by atoms with E-state index in [4.69, 9.17) is 4.42 Å². The van der Waals surface area contributed by atoms with Crippen molar-refractivity contribution in [2.24, 2.45) is 7.05 Å². The number of aromatic nitrogens is 4. The number of carbonyl (C=O) groups excluding carboxylic acids is 1. The predicted octanol–water partition coefficient (Wildman–Crippen LogP) is 4.01. The maximum atomic E-state index is 12.5. The van der Waals surface area contributed by atoms with Crippen molar-refractivity contribution in [3.05, 3.63) is 78.3 Å². The first-order chi connectivity index (χ1) is 13.7. The minimum Gasteiger partial charge on any atom is -0.455 e. The predicted molar refractivity (Wildman–Crippen MR) is 107 cm³/mol. The summed E-state index contributed by atoms with van der Waals surface area (Å²) in [5, 5.41) is 14.3. The molecule has 0 atom stereocenters. The van der Waals surface area contributed by atoms with Crippen LogP contribution in [-0.4, -0.2) is 26.1 Å². The fourth-order valence-corrected chi connectivity index (χ4v) is 3.47. The van der Waals surface area contributed by atoms with Crippen LogP contribution >= 0.6 is 11.8 Å². The Labute approximate surface area is 165 Å². The van der Waals surface area contributed by atoms with Gasteiger partial charge in [-0.15, -0.1) is 16.9 Å². The van der Waals surface area contributed by atoms with E-state index in [9.17, 15) is 4.79 Å². The molecule has 0 aliphatic heterocycles. The third-order valence-corrected chi connectivity index (χ3v) is 5.04. The second kappa shape index (κ2) is 8.10. The van der Waals surface area contributed by atoms with Gasteiger partial charge in [-0.2, -0.15) is 0 Å². The van der Waals surface area contributed by atoms with Gasteiger partial charge in [0.05, 0.1) is 5.75 Å². The zero-order valence-corrected chi connectivity index (χ0v) is 15.9. The Morgan fingerprint density at radius 1 is 1.11 bits per heavy atom. The number of nitrogens with zero attached hydrogens (tertiary/aromatic N) is 4. The Morgan fingerprint density at radius 3 is 2.75 bits per heavy atom. The zero-order chi connectivity index (χ0) is 19.3. The highest BCUT2D eigenvalue weighted by molar-refractivity contribution is 7.98. The van der Waals surface area contributed by atoms with Gasteiger partial charge in [0.1, 0.15) is 5.76 Å². The van der Waals surface area contributed by atoms with Crippen LogP contribution in [0.2, 0.25) is 0 Å². The molecule has 0 spiro atoms. The molecule has 2 heterocycles. The normalized spacial score (nSPS) is 10.8. The molecule has 1 N–H and O–H groups in total. The van der Waals surface area contributed by atoms with Gasteiger partial charge in [0.25, 0.3) is 5.91 Å². The molecular formula is C20H17N5O2S. The van der Waals surface area contributed by atoms with Crippen LogP contribution in [0.3, 0.4) is 0 Å². The number of amides is 1. The van der Waals surface area contributed by atoms with Gasteiger partial charge in [-0.3, -0.25) is 4.79 Å². The standard InChI is InChI=1S/C20H17N5O2S/c1-25-19(22-23-24-25)14-6-5-7-15(12-14)21-20(26)18-11-10-16(27-18)13-28-17-8-3-2-4-9-17/h2-12H,13H2,1H3,(H,21,26). The number of aryl methyl sites for hydroxylation is 1. The number of thioether (sulfide) groups is 1. The van der Waals surface area contributed by atoms with E-state index in [0.29, 0.717) is 17.3 Å². The van der Waals surface area contributed by atoms with Crippen LogP contribution in [0.4, 0.5) is 5.69 Å². The van der Waals surface area contributed by atoms with Gasteiger partial charge < -0.3 is 9.73 Å². The first-order valence-electron chi connectivity index (χ1n) is 8.60. The number of hydrogen-bond donors (Lipinski definition) is 1. The van der Waals surface area contributed by atoms with E-state index in [0.717, 1.165) is 16.2 Å². The summed E-state index contributed by atoms with van der Waals surface area (Å²) in [7, 11) is 1.76. The van der Waals surface area contributed by atoms with Crippen molar-refractivity contribution in [1.82, 2.24) is 20.2 Å². The molecule has 0 saturated heterocycles. The second-order valence-corrected chi connectivity index (χ2v) is 7.08. The van der Waals surface area contributed by atoms with Crippen LogP contribution in [0, 0.1) is 0 Å². The number of rotatable bonds is 6. The molecule has 4 aromatic rings. The Hall–Kier alpha value is -3.39. The lowest BCUT2D eigenvalue weighted by Crippen LogP contribution is -2.11. The van der Waals surface area contributed by atoms with Crippen LogP contribution in [0.1, 0.15) is 16.3 Å². The summed E-state index contributed by atoms with van der Waals surface area (Å²) in [6.07, 6.45) is 0. The van der Waals surface area contributed by atoms with Crippen LogP contribution in [-0.2, 0) is 12.8 Å². The minimum atomic E-state index is -0.302. The van der Waals surface area contributed by atoms with E-state index in [1.165, 1.54) is 0 Å². The molecule has 0 fully saturated rings. The van der Waals surface area contributed by atoms with E-state index in [1.807, 2.05) is 54.6 Å². The maximum Gasteiger partial charge on any atom is 0.291 e. The van der Waals surface area contributed by atoms with E-state index in [2.05, 4.69) is 20.8 Å². The van der Waals surface area contributed by atoms with Crippen molar-refractivity contribution >= 4 is 23.4 Å². The highest BCUT2D eigenvalue weighted by Crippen LogP contribution is 2.24. The monoisotopic (exact) mass is 391 g/mol. The van der Waals surface area contributed by atoms with Gasteiger partial charge in [-0.05, 0) is 46.8 Å². The average molecular weight is 391 g/mol. The molecule has 0 aliphatic rings. The first kappa shape index (κ1) is 18.0. The molecule has 1 amide bonds. The van der Waals surface area contributed by atoms with Crippen molar-refractivity contribution in [3.63, 3.8) is 0 Å². The lowest BCUT2D eigenvalue weighted by Gasteiger charge is -2.05. The molecule has 0 unspecified atom stereocenters. The van der Waals surface area contributed by atoms with Gasteiger partial charge in [-0.25, -0.2) is 4.68 Å². The molecule has 7 nitrogen and oxygen atoms in total. The molecule has 0 aliphatic carbocycles. The summed E-state index contributed by atoms with van der Waals surface area (Å²) in [5.41, 5.74) is 1.45. The van der Waals surface area contributed by atoms with Crippen molar-refractivity contribution in [2.45, 2.75) is 10.6 Å². The Bertz CT molecular complexity index is 1090. The quantitative estimate of drug-likeness (QED) is 0.500. The van der Waals surface area contributed by atoms with E-state index < -0.39 is 0 Å². The number of nitrogens with one attached hydrogen (secondary N) is 1. The molecular weight excluding hydrogens is 374 g/mol. The summed E-state index contributed by atoms with van der Waals surface area (Å²) < 4.78 is 7.27. The molecule has 140 valence electrons. The summed E-state index contributed by atoms with van der Waals surface area (Å²) >= 11 is 1.66. The number of tetrazole rings is 1. The Morgan fingerprint density at radius 2 is 1.96 bits per heavy atom. The number of anilines is 1. The average Bonchev–Trinajstić information content (AvgIpc) is 3.36. The van der Waals surface area contributed by atoms with Crippen LogP contribution in [0.25, 0.3) is 11.4 Å². The van der Waals surface area contributed by atoms with Gasteiger partial charge in [-0.1, -0.05) is 30.3 Å². The van der Waals surface area contributed by atoms with E-state index in [-0.39, 0.29) is 11.7 Å². The highest BCUT2D eigenvalue weighted by atomic mass is 32.2. The summed E-state index contributed by atoms with van der Waals surface area (Å²) in [6.45, 7) is 0. The summed E-state index contributed by atoms with van der Waals surface area (Å²) in [5.74, 6) is 2.00. The lowest BCUT2D eigenvalue weighted by atomic mass is 10.2. The van der Waals surface area contributed by atoms with E-state index >= 15 is 0 Å². The molecule has 0 radical (unpaired) electrons. The summed E-state index contributed by atoms with van der Waals surface area (Å²) in [4.78, 5) is 13.7. The Balaban J connectivity index is 1.42. The molecule has 2 aromatic heterocycles. The molecule has 28 heavy (non-hydrogen) atoms. The largest absolute Gasteiger partial charge is 0.455 e. The van der Waals surface area contributed by atoms with E-state index in [1.54, 1.807) is 35.6 Å². The van der Waals surface area contributed by atoms with Crippen LogP contribution < -0.4 is 5.32 Å². The first-order valence-corrected chi connectivity index (χ1v) is 9.58. The van der Waals surface area contributed by atoms with Crippen LogP contribution in [0.5, 0.6) is 0 Å². The molecule has 0 saturated carbocycles. The fraction of sp³-hybridized carbons (Fsp3) is 0.100. The number of carbonyl (C=O) groups is 1. The van der Waals surface area contributed by atoms with Gasteiger partial charge in [0.15, 0.2) is 11.6 Å². The SMILES string of the molecule is Cn1nnnc1-c1cccc(NC(=O)c2ccc(CSc3ccccc3)o2)c1. The molecule has 4 rings (SSSR count). The topological polar surface area (TPSA) is 85.8 Å². The maximum absolute atomic E-state index is 12.5. The van der Waals surface area contributed by atoms with Gasteiger partial charge in [0, 0.05) is 23.2 Å². The van der Waals surface area contributed by atoms with Gasteiger partial charge in [0.2, 0.25) is 0 Å². The van der Waals surface area contributed by atoms with Crippen molar-refractivity contribution in [1.29, 1.82) is 0 Å². The Kier molecular flexibility index (Phi) is 5.20. The second-order valence-electron chi connectivity index (χ2n) is 6.03. The van der Waals surface area contributed by atoms with Crippen molar-refractivity contribution in [3.8, 4) is 11.4 Å². The van der Waals surface area contributed by atoms with Crippen molar-refractivity contribution < 1.29 is 9.21 Å². The minimum absolute atomic E-state index is 0.273. The lowest BCUT2D eigenvalue weighted by molar-refractivity contribution is 0.0995. The number of furan rings is 1. The molecule has 0 bridgehead atoms. The van der Waals surface area contributed by atoms with Crippen LogP contribution in [0.15, 0.2) is 76.0 Å². The van der Waals surface area contributed by atoms with Crippen molar-refractivity contribution in [2.75, 3.05) is 5.32 Å².